The quantitative estimate of drug-likeness (QED) is 0.0768. The summed E-state index contributed by atoms with van der Waals surface area (Å²) in [7, 11) is 1.34. The van der Waals surface area contributed by atoms with Crippen LogP contribution < -0.4 is 14.9 Å². The number of rotatable bonds is 11. The van der Waals surface area contributed by atoms with Gasteiger partial charge < -0.3 is 73.7 Å². The van der Waals surface area contributed by atoms with E-state index in [2.05, 4.69) is 0 Å². The Balaban J connectivity index is 1.27. The van der Waals surface area contributed by atoms with Gasteiger partial charge in [0.1, 0.15) is 65.0 Å². The van der Waals surface area contributed by atoms with Crippen molar-refractivity contribution in [2.75, 3.05) is 26.9 Å². The fourth-order valence-electron chi connectivity index (χ4n) is 5.74. The Morgan fingerprint density at radius 2 is 1.64 bits per heavy atom. The lowest BCUT2D eigenvalue weighted by Gasteiger charge is -2.42. The number of benzene rings is 3. The number of aliphatic hydroxyl groups excluding tert-OH is 4. The van der Waals surface area contributed by atoms with E-state index in [0.717, 1.165) is 12.1 Å². The number of aliphatic hydroxyl groups is 5. The largest absolute Gasteiger partial charge is 0.508 e. The molecule has 8 atom stereocenters. The summed E-state index contributed by atoms with van der Waals surface area (Å²) in [6, 6.07) is 13.8. The predicted octanol–water partition coefficient (Wildman–Crippen LogP) is 0.493. The van der Waals surface area contributed by atoms with Gasteiger partial charge in [0.2, 0.25) is 17.5 Å². The summed E-state index contributed by atoms with van der Waals surface area (Å²) in [5, 5.41) is 83.6. The van der Waals surface area contributed by atoms with Crippen molar-refractivity contribution in [2.24, 2.45) is 0 Å². The highest BCUT2D eigenvalue weighted by molar-refractivity contribution is 5.88. The molecule has 2 aliphatic rings. The molecule has 2 fully saturated rings. The molecule has 3 heterocycles. The molecule has 0 aliphatic carbocycles. The third-order valence-corrected chi connectivity index (χ3v) is 8.70. The fourth-order valence-corrected chi connectivity index (χ4v) is 5.74. The molecule has 17 heteroatoms. The number of esters is 1. The summed E-state index contributed by atoms with van der Waals surface area (Å²) in [4.78, 5) is 26.3. The van der Waals surface area contributed by atoms with Gasteiger partial charge in [-0.3, -0.25) is 4.79 Å². The first-order chi connectivity index (χ1) is 25.3. The van der Waals surface area contributed by atoms with Crippen LogP contribution in [0, 0.1) is 0 Å². The van der Waals surface area contributed by atoms with E-state index in [9.17, 15) is 50.4 Å². The third kappa shape index (κ3) is 7.78. The molecule has 3 aromatic carbocycles. The number of ether oxygens (including phenoxy) is 6. The van der Waals surface area contributed by atoms with E-state index in [4.69, 9.17) is 32.8 Å². The average molecular weight is 741 g/mol. The highest BCUT2D eigenvalue weighted by Gasteiger charge is 2.54. The Hall–Kier alpha value is -5.24. The van der Waals surface area contributed by atoms with Crippen molar-refractivity contribution in [3.63, 3.8) is 0 Å². The third-order valence-electron chi connectivity index (χ3n) is 8.70. The van der Waals surface area contributed by atoms with Gasteiger partial charge in [-0.1, -0.05) is 12.1 Å². The SMILES string of the molecule is COc1cc(O)c2c(=O)c(O[C@@H]3OC(CO)[C@@H](O)C(O)C3O[C@@H]3OCC(O)(COC(=O)/C=C/c4ccc(O)cc4)[C@@H]3O)c(-c3ccc(O)cc3)oc2c1. The van der Waals surface area contributed by atoms with Crippen molar-refractivity contribution in [2.45, 2.75) is 48.7 Å². The summed E-state index contributed by atoms with van der Waals surface area (Å²) >= 11 is 0. The Morgan fingerprint density at radius 1 is 0.962 bits per heavy atom. The monoisotopic (exact) mass is 740 g/mol. The Labute approximate surface area is 299 Å². The van der Waals surface area contributed by atoms with Gasteiger partial charge in [0, 0.05) is 23.8 Å². The number of aromatic hydroxyl groups is 3. The van der Waals surface area contributed by atoms with E-state index in [1.54, 1.807) is 12.1 Å². The number of phenols is 3. The van der Waals surface area contributed by atoms with E-state index < -0.39 is 91.4 Å². The number of carbonyl (C=O) groups excluding carboxylic acids is 1. The van der Waals surface area contributed by atoms with Gasteiger partial charge in [-0.15, -0.1) is 0 Å². The lowest BCUT2D eigenvalue weighted by atomic mass is 9.98. The molecule has 8 N–H and O–H groups in total. The Morgan fingerprint density at radius 3 is 2.30 bits per heavy atom. The van der Waals surface area contributed by atoms with Gasteiger partial charge in [-0.05, 0) is 48.0 Å². The molecule has 4 aromatic rings. The standard InChI is InChI=1S/C36H36O17/c1-47-21-12-22(40)26-23(13-21)50-30(18-5-9-20(39)10-6-18)31(28(26)43)52-34-32(29(44)27(42)24(14-37)51-34)53-35-33(45)36(46,16-49-35)15-48-25(41)11-4-17-2-7-19(38)8-3-17/h2-13,24,27,29,32-35,37-40,42,44-46H,14-16H2,1H3/b11-4+/t24?,27-,29?,32?,33-,34+,35+,36?/m1/s1. The maximum Gasteiger partial charge on any atom is 0.330 e. The molecule has 0 spiro atoms. The molecule has 4 unspecified atom stereocenters. The zero-order chi connectivity index (χ0) is 38.0. The normalized spacial score (nSPS) is 27.2. The van der Waals surface area contributed by atoms with Gasteiger partial charge in [-0.2, -0.15) is 0 Å². The zero-order valence-electron chi connectivity index (χ0n) is 27.8. The van der Waals surface area contributed by atoms with Gasteiger partial charge in [0.05, 0.1) is 20.3 Å². The molecular weight excluding hydrogens is 704 g/mol. The smallest absolute Gasteiger partial charge is 0.330 e. The molecule has 0 amide bonds. The highest BCUT2D eigenvalue weighted by atomic mass is 16.8. The molecule has 2 aliphatic heterocycles. The van der Waals surface area contributed by atoms with E-state index in [-0.39, 0.29) is 39.5 Å². The van der Waals surface area contributed by atoms with Crippen LogP contribution in [0.3, 0.4) is 0 Å². The fraction of sp³-hybridized carbons (Fsp3) is 0.333. The van der Waals surface area contributed by atoms with Crippen LogP contribution in [0.25, 0.3) is 28.4 Å². The molecule has 1 aromatic heterocycles. The minimum absolute atomic E-state index is 0.0340. The lowest BCUT2D eigenvalue weighted by molar-refractivity contribution is -0.319. The van der Waals surface area contributed by atoms with Crippen molar-refractivity contribution < 1.29 is 78.5 Å². The highest BCUT2D eigenvalue weighted by Crippen LogP contribution is 2.39. The van der Waals surface area contributed by atoms with E-state index in [1.165, 1.54) is 55.7 Å². The second-order valence-corrected chi connectivity index (χ2v) is 12.3. The first-order valence-electron chi connectivity index (χ1n) is 16.1. The van der Waals surface area contributed by atoms with Crippen LogP contribution in [0.2, 0.25) is 0 Å². The summed E-state index contributed by atoms with van der Waals surface area (Å²) < 4.78 is 39.3. The number of hydrogen-bond acceptors (Lipinski definition) is 17. The first kappa shape index (κ1) is 37.5. The molecule has 6 rings (SSSR count). The lowest BCUT2D eigenvalue weighted by Crippen LogP contribution is -2.62. The second-order valence-electron chi connectivity index (χ2n) is 12.3. The molecule has 53 heavy (non-hydrogen) atoms. The number of carbonyl (C=O) groups is 1. The van der Waals surface area contributed by atoms with E-state index in [0.29, 0.717) is 5.56 Å². The van der Waals surface area contributed by atoms with Crippen LogP contribution in [-0.4, -0.2) is 122 Å². The van der Waals surface area contributed by atoms with Crippen molar-refractivity contribution in [3.8, 4) is 40.1 Å². The average Bonchev–Trinajstić information content (AvgIpc) is 3.43. The molecule has 0 bridgehead atoms. The maximum atomic E-state index is 14.0. The van der Waals surface area contributed by atoms with E-state index >= 15 is 0 Å². The van der Waals surface area contributed by atoms with E-state index in [1.807, 2.05) is 0 Å². The van der Waals surface area contributed by atoms with Gasteiger partial charge in [0.15, 0.2) is 23.8 Å². The van der Waals surface area contributed by atoms with Crippen LogP contribution in [-0.2, 0) is 23.7 Å². The van der Waals surface area contributed by atoms with Crippen molar-refractivity contribution in [1.29, 1.82) is 0 Å². The number of hydrogen-bond donors (Lipinski definition) is 8. The summed E-state index contributed by atoms with van der Waals surface area (Å²) in [6.07, 6.45) is -10.0. The van der Waals surface area contributed by atoms with Crippen LogP contribution in [0.4, 0.5) is 0 Å². The molecule has 17 nitrogen and oxygen atoms in total. The summed E-state index contributed by atoms with van der Waals surface area (Å²) in [5.41, 5.74) is -2.47. The summed E-state index contributed by atoms with van der Waals surface area (Å²) in [5.74, 6) is -2.15. The van der Waals surface area contributed by atoms with Crippen LogP contribution in [0.15, 0.2) is 76.0 Å². The minimum Gasteiger partial charge on any atom is -0.508 e. The first-order valence-corrected chi connectivity index (χ1v) is 16.1. The molecule has 0 saturated carbocycles. The molecular formula is C36H36O17. The van der Waals surface area contributed by atoms with Crippen LogP contribution in [0.5, 0.6) is 28.7 Å². The van der Waals surface area contributed by atoms with Gasteiger partial charge in [0.25, 0.3) is 0 Å². The topological polar surface area (TPSA) is 264 Å². The second kappa shape index (κ2) is 15.4. The molecule has 282 valence electrons. The van der Waals surface area contributed by atoms with Crippen LogP contribution in [0.1, 0.15) is 5.56 Å². The summed E-state index contributed by atoms with van der Waals surface area (Å²) in [6.45, 7) is -2.20. The maximum absolute atomic E-state index is 14.0. The Kier molecular flexibility index (Phi) is 10.9. The number of fused-ring (bicyclic) bond motifs is 1. The number of methoxy groups -OCH3 is 1. The predicted molar refractivity (Wildman–Crippen MR) is 180 cm³/mol. The molecule has 0 radical (unpaired) electrons. The van der Waals surface area contributed by atoms with Crippen LogP contribution >= 0.6 is 0 Å². The Bertz CT molecular complexity index is 2010. The van der Waals surface area contributed by atoms with Crippen molar-refractivity contribution in [1.82, 2.24) is 0 Å². The van der Waals surface area contributed by atoms with Crippen molar-refractivity contribution >= 4 is 23.0 Å². The van der Waals surface area contributed by atoms with Gasteiger partial charge >= 0.3 is 5.97 Å². The molecule has 2 saturated heterocycles. The minimum atomic E-state index is -2.21. The van der Waals surface area contributed by atoms with Crippen molar-refractivity contribution in [3.05, 3.63) is 82.5 Å². The zero-order valence-corrected chi connectivity index (χ0v) is 27.8. The number of phenolic OH excluding ortho intramolecular Hbond substituents is 3. The van der Waals surface area contributed by atoms with Gasteiger partial charge in [-0.25, -0.2) is 4.79 Å².